The van der Waals surface area contributed by atoms with E-state index in [9.17, 15) is 0 Å². The molecule has 6 heteroatoms. The van der Waals surface area contributed by atoms with Crippen molar-refractivity contribution in [1.29, 1.82) is 0 Å². The van der Waals surface area contributed by atoms with Gasteiger partial charge in [-0.3, -0.25) is 9.58 Å². The lowest BCUT2D eigenvalue weighted by atomic mass is 10.1. The molecule has 1 aliphatic rings. The zero-order valence-corrected chi connectivity index (χ0v) is 12.1. The first kappa shape index (κ1) is 12.7. The predicted molar refractivity (Wildman–Crippen MR) is 74.9 cm³/mol. The molecule has 102 valence electrons. The summed E-state index contributed by atoms with van der Waals surface area (Å²) < 4.78 is 7.46. The molecule has 1 saturated heterocycles. The normalized spacial score (nSPS) is 20.8. The summed E-state index contributed by atoms with van der Waals surface area (Å²) >= 11 is 2.00. The first-order valence-electron chi connectivity index (χ1n) is 6.44. The lowest BCUT2D eigenvalue weighted by Gasteiger charge is -2.33. The Morgan fingerprint density at radius 3 is 3.05 bits per heavy atom. The second kappa shape index (κ2) is 5.38. The zero-order chi connectivity index (χ0) is 13.2. The Labute approximate surface area is 117 Å². The minimum Gasteiger partial charge on any atom is -0.445 e. The molecule has 2 aromatic heterocycles. The van der Waals surface area contributed by atoms with Gasteiger partial charge < -0.3 is 4.42 Å². The molecule has 0 aromatic carbocycles. The number of aromatic nitrogens is 3. The fourth-order valence-electron chi connectivity index (χ4n) is 2.39. The Hall–Kier alpha value is -1.27. The maximum absolute atomic E-state index is 5.60. The van der Waals surface area contributed by atoms with Gasteiger partial charge in [0.2, 0.25) is 5.89 Å². The molecule has 1 fully saturated rings. The van der Waals surface area contributed by atoms with Gasteiger partial charge in [0.25, 0.3) is 0 Å². The van der Waals surface area contributed by atoms with Gasteiger partial charge >= 0.3 is 0 Å². The largest absolute Gasteiger partial charge is 0.445 e. The van der Waals surface area contributed by atoms with Crippen LogP contribution < -0.4 is 0 Å². The van der Waals surface area contributed by atoms with Gasteiger partial charge in [-0.25, -0.2) is 4.98 Å². The maximum Gasteiger partial charge on any atom is 0.208 e. The van der Waals surface area contributed by atoms with E-state index in [1.165, 1.54) is 5.56 Å². The summed E-state index contributed by atoms with van der Waals surface area (Å²) in [4.78, 5) is 6.74. The van der Waals surface area contributed by atoms with Crippen LogP contribution in [0, 0.1) is 6.92 Å². The van der Waals surface area contributed by atoms with Crippen LogP contribution >= 0.6 is 11.8 Å². The maximum atomic E-state index is 5.60. The highest BCUT2D eigenvalue weighted by Gasteiger charge is 2.26. The lowest BCUT2D eigenvalue weighted by Crippen LogP contribution is -2.35. The van der Waals surface area contributed by atoms with E-state index < -0.39 is 0 Å². The molecule has 0 unspecified atom stereocenters. The second-order valence-electron chi connectivity index (χ2n) is 4.87. The van der Waals surface area contributed by atoms with Crippen LogP contribution in [0.25, 0.3) is 0 Å². The minimum atomic E-state index is 0.402. The Morgan fingerprint density at radius 1 is 1.47 bits per heavy atom. The second-order valence-corrected chi connectivity index (χ2v) is 6.02. The van der Waals surface area contributed by atoms with Gasteiger partial charge in [-0.05, 0) is 6.92 Å². The van der Waals surface area contributed by atoms with Gasteiger partial charge in [0.15, 0.2) is 0 Å². The molecule has 3 heterocycles. The summed E-state index contributed by atoms with van der Waals surface area (Å²) in [6.45, 7) is 3.76. The summed E-state index contributed by atoms with van der Waals surface area (Å²) in [5, 5.41) is 4.28. The van der Waals surface area contributed by atoms with Crippen LogP contribution in [0.4, 0.5) is 0 Å². The van der Waals surface area contributed by atoms with Crippen molar-refractivity contribution in [2.45, 2.75) is 19.5 Å². The van der Waals surface area contributed by atoms with Gasteiger partial charge in [0.1, 0.15) is 5.76 Å². The van der Waals surface area contributed by atoms with Crippen LogP contribution in [0.15, 0.2) is 23.0 Å². The summed E-state index contributed by atoms with van der Waals surface area (Å²) in [6.07, 6.45) is 5.85. The number of hydrogen-bond acceptors (Lipinski definition) is 5. The molecule has 0 bridgehead atoms. The van der Waals surface area contributed by atoms with E-state index in [1.807, 2.05) is 36.6 Å². The highest BCUT2D eigenvalue weighted by molar-refractivity contribution is 7.99. The third-order valence-corrected chi connectivity index (χ3v) is 4.38. The number of nitrogens with zero attached hydrogens (tertiary/aromatic N) is 4. The highest BCUT2D eigenvalue weighted by Crippen LogP contribution is 2.30. The molecule has 0 aliphatic carbocycles. The van der Waals surface area contributed by atoms with Crippen molar-refractivity contribution in [1.82, 2.24) is 19.7 Å². The van der Waals surface area contributed by atoms with Gasteiger partial charge in [0, 0.05) is 42.9 Å². The van der Waals surface area contributed by atoms with E-state index in [0.29, 0.717) is 6.04 Å². The number of thioether (sulfide) groups is 1. The van der Waals surface area contributed by atoms with Crippen molar-refractivity contribution in [3.8, 4) is 0 Å². The van der Waals surface area contributed by atoms with E-state index >= 15 is 0 Å². The van der Waals surface area contributed by atoms with Crippen molar-refractivity contribution in [2.75, 3.05) is 18.1 Å². The average Bonchev–Trinajstić information content (AvgIpc) is 2.99. The van der Waals surface area contributed by atoms with Crippen molar-refractivity contribution in [3.63, 3.8) is 0 Å². The molecule has 3 rings (SSSR count). The standard InChI is InChI=1S/C13H18N4OS/c1-10-5-14-13(18-10)8-17-3-4-19-9-12(17)11-6-15-16(2)7-11/h5-7,12H,3-4,8-9H2,1-2H3/t12-/m0/s1. The Bertz CT molecular complexity index is 550. The Balaban J connectivity index is 1.77. The van der Waals surface area contributed by atoms with Crippen LogP contribution in [0.5, 0.6) is 0 Å². The summed E-state index contributed by atoms with van der Waals surface area (Å²) in [5.74, 6) is 3.94. The fourth-order valence-corrected chi connectivity index (χ4v) is 3.55. The SMILES string of the molecule is Cc1cnc(CN2CCSC[C@H]2c2cnn(C)c2)o1. The topological polar surface area (TPSA) is 47.1 Å². The van der Waals surface area contributed by atoms with Crippen LogP contribution in [0.2, 0.25) is 0 Å². The van der Waals surface area contributed by atoms with Gasteiger partial charge in [-0.15, -0.1) is 0 Å². The summed E-state index contributed by atoms with van der Waals surface area (Å²) in [6, 6.07) is 0.402. The molecule has 2 aromatic rings. The van der Waals surface area contributed by atoms with Crippen LogP contribution in [-0.4, -0.2) is 37.7 Å². The Morgan fingerprint density at radius 2 is 2.37 bits per heavy atom. The number of rotatable bonds is 3. The van der Waals surface area contributed by atoms with Crippen LogP contribution in [0.1, 0.15) is 23.3 Å². The van der Waals surface area contributed by atoms with Gasteiger partial charge in [-0.2, -0.15) is 16.9 Å². The molecule has 0 spiro atoms. The smallest absolute Gasteiger partial charge is 0.208 e. The molecule has 1 atom stereocenters. The molecular formula is C13H18N4OS. The minimum absolute atomic E-state index is 0.402. The molecule has 19 heavy (non-hydrogen) atoms. The molecule has 0 N–H and O–H groups in total. The van der Waals surface area contributed by atoms with Crippen molar-refractivity contribution in [2.24, 2.45) is 7.05 Å². The predicted octanol–water partition coefficient (Wildman–Crippen LogP) is 2.01. The first-order chi connectivity index (χ1) is 9.22. The highest BCUT2D eigenvalue weighted by atomic mass is 32.2. The Kier molecular flexibility index (Phi) is 3.61. The molecule has 0 radical (unpaired) electrons. The molecular weight excluding hydrogens is 260 g/mol. The quantitative estimate of drug-likeness (QED) is 0.859. The fraction of sp³-hybridized carbons (Fsp3) is 0.538. The van der Waals surface area contributed by atoms with E-state index in [-0.39, 0.29) is 0 Å². The van der Waals surface area contributed by atoms with E-state index in [4.69, 9.17) is 4.42 Å². The summed E-state index contributed by atoms with van der Waals surface area (Å²) in [7, 11) is 1.96. The first-order valence-corrected chi connectivity index (χ1v) is 7.59. The van der Waals surface area contributed by atoms with Crippen LogP contribution in [-0.2, 0) is 13.6 Å². The molecule has 5 nitrogen and oxygen atoms in total. The van der Waals surface area contributed by atoms with Gasteiger partial charge in [0.05, 0.1) is 18.9 Å². The van der Waals surface area contributed by atoms with E-state index in [2.05, 4.69) is 21.2 Å². The lowest BCUT2D eigenvalue weighted by molar-refractivity contribution is 0.190. The zero-order valence-electron chi connectivity index (χ0n) is 11.2. The molecule has 0 amide bonds. The van der Waals surface area contributed by atoms with Crippen molar-refractivity contribution >= 4 is 11.8 Å². The van der Waals surface area contributed by atoms with E-state index in [0.717, 1.165) is 36.2 Å². The number of aryl methyl sites for hydroxylation is 2. The van der Waals surface area contributed by atoms with Crippen LogP contribution in [0.3, 0.4) is 0 Å². The number of oxazole rings is 1. The number of hydrogen-bond donors (Lipinski definition) is 0. The third kappa shape index (κ3) is 2.84. The van der Waals surface area contributed by atoms with Crippen molar-refractivity contribution in [3.05, 3.63) is 35.8 Å². The molecule has 1 aliphatic heterocycles. The van der Waals surface area contributed by atoms with Gasteiger partial charge in [-0.1, -0.05) is 0 Å². The van der Waals surface area contributed by atoms with Crippen molar-refractivity contribution < 1.29 is 4.42 Å². The third-order valence-electron chi connectivity index (χ3n) is 3.36. The van der Waals surface area contributed by atoms with E-state index in [1.54, 1.807) is 6.20 Å². The summed E-state index contributed by atoms with van der Waals surface area (Å²) in [5.41, 5.74) is 1.28. The monoisotopic (exact) mass is 278 g/mol. The molecule has 0 saturated carbocycles. The average molecular weight is 278 g/mol.